The molecule has 3 rings (SSSR count). The first kappa shape index (κ1) is 11.5. The van der Waals surface area contributed by atoms with Gasteiger partial charge in [0, 0.05) is 0 Å². The van der Waals surface area contributed by atoms with Gasteiger partial charge in [0.25, 0.3) is 0 Å². The van der Waals surface area contributed by atoms with Crippen LogP contribution in [0.25, 0.3) is 10.3 Å². The summed E-state index contributed by atoms with van der Waals surface area (Å²) in [5.41, 5.74) is 0.450. The van der Waals surface area contributed by atoms with E-state index in [1.165, 1.54) is 0 Å². The van der Waals surface area contributed by atoms with Crippen LogP contribution in [0.1, 0.15) is 31.2 Å². The summed E-state index contributed by atoms with van der Waals surface area (Å²) in [4.78, 5) is 22.4. The van der Waals surface area contributed by atoms with Crippen molar-refractivity contribution in [3.05, 3.63) is 33.5 Å². The molecule has 0 amide bonds. The fourth-order valence-corrected chi connectivity index (χ4v) is 3.42. The highest BCUT2D eigenvalue weighted by atomic mass is 32.1. The molecule has 94 valence electrons. The van der Waals surface area contributed by atoms with Crippen LogP contribution in [0.15, 0.2) is 27.4 Å². The zero-order valence-electron chi connectivity index (χ0n) is 9.64. The van der Waals surface area contributed by atoms with Crippen molar-refractivity contribution in [2.45, 2.75) is 31.1 Å². The van der Waals surface area contributed by atoms with Gasteiger partial charge in [0.1, 0.15) is 5.58 Å². The highest BCUT2D eigenvalue weighted by molar-refractivity contribution is 7.16. The number of carboxylic acid groups (broad SMARTS) is 1. The van der Waals surface area contributed by atoms with Crippen LogP contribution >= 0.6 is 11.3 Å². The van der Waals surface area contributed by atoms with E-state index in [0.29, 0.717) is 18.4 Å². The first-order chi connectivity index (χ1) is 8.62. The number of fused-ring (bicyclic) bond motifs is 1. The molecule has 0 radical (unpaired) electrons. The van der Waals surface area contributed by atoms with Crippen molar-refractivity contribution in [3.8, 4) is 0 Å². The lowest BCUT2D eigenvalue weighted by atomic mass is 9.79. The van der Waals surface area contributed by atoms with Gasteiger partial charge >= 0.3 is 10.9 Å². The number of carbonyl (C=O) groups is 1. The Labute approximate surface area is 107 Å². The number of rotatable bonds is 2. The van der Waals surface area contributed by atoms with Gasteiger partial charge in [0.05, 0.1) is 10.1 Å². The maximum atomic E-state index is 11.6. The molecule has 18 heavy (non-hydrogen) atoms. The van der Waals surface area contributed by atoms with Crippen molar-refractivity contribution in [1.82, 2.24) is 0 Å². The number of hydrogen-bond donors (Lipinski definition) is 1. The highest BCUT2D eigenvalue weighted by Crippen LogP contribution is 2.42. The van der Waals surface area contributed by atoms with Crippen molar-refractivity contribution in [1.29, 1.82) is 0 Å². The van der Waals surface area contributed by atoms with E-state index in [0.717, 1.165) is 34.4 Å². The van der Waals surface area contributed by atoms with Crippen molar-refractivity contribution < 1.29 is 14.3 Å². The van der Waals surface area contributed by atoms with Gasteiger partial charge in [0.15, 0.2) is 0 Å². The monoisotopic (exact) mass is 264 g/mol. The largest absolute Gasteiger partial charge is 0.481 e. The summed E-state index contributed by atoms with van der Waals surface area (Å²) >= 11 is 1.04. The molecule has 1 fully saturated rings. The van der Waals surface area contributed by atoms with E-state index < -0.39 is 11.4 Å². The summed E-state index contributed by atoms with van der Waals surface area (Å²) in [5.74, 6) is -0.781. The van der Waals surface area contributed by atoms with Crippen LogP contribution in [-0.4, -0.2) is 11.1 Å². The molecule has 0 spiro atoms. The van der Waals surface area contributed by atoms with Crippen molar-refractivity contribution in [2.75, 3.05) is 0 Å². The van der Waals surface area contributed by atoms with Crippen LogP contribution in [-0.2, 0) is 10.2 Å². The van der Waals surface area contributed by atoms with Gasteiger partial charge in [-0.15, -0.1) is 0 Å². The molecule has 1 aromatic carbocycles. The van der Waals surface area contributed by atoms with Gasteiger partial charge in [-0.2, -0.15) is 0 Å². The SMILES string of the molecule is O=C(O)C1(c2ccc3sc(=O)oc3c2)CCCC1. The van der Waals surface area contributed by atoms with E-state index in [4.69, 9.17) is 4.42 Å². The Morgan fingerprint density at radius 2 is 2.06 bits per heavy atom. The Kier molecular flexibility index (Phi) is 2.52. The Balaban J connectivity index is 2.17. The third-order valence-corrected chi connectivity index (χ3v) is 4.56. The lowest BCUT2D eigenvalue weighted by molar-refractivity contribution is -0.143. The highest BCUT2D eigenvalue weighted by Gasteiger charge is 2.43. The van der Waals surface area contributed by atoms with Crippen molar-refractivity contribution >= 4 is 27.6 Å². The van der Waals surface area contributed by atoms with E-state index in [1.54, 1.807) is 12.1 Å². The molecule has 0 aliphatic heterocycles. The number of benzene rings is 1. The van der Waals surface area contributed by atoms with E-state index in [1.807, 2.05) is 6.07 Å². The summed E-state index contributed by atoms with van der Waals surface area (Å²) in [6.07, 6.45) is 3.17. The molecule has 0 saturated heterocycles. The minimum atomic E-state index is -0.797. The molecule has 4 nitrogen and oxygen atoms in total. The van der Waals surface area contributed by atoms with Crippen LogP contribution in [0.2, 0.25) is 0 Å². The zero-order valence-corrected chi connectivity index (χ0v) is 10.5. The zero-order chi connectivity index (χ0) is 12.8. The van der Waals surface area contributed by atoms with E-state index in [-0.39, 0.29) is 4.94 Å². The topological polar surface area (TPSA) is 67.5 Å². The first-order valence-electron chi connectivity index (χ1n) is 5.89. The molecular formula is C13H12O4S. The van der Waals surface area contributed by atoms with Crippen LogP contribution in [0.5, 0.6) is 0 Å². The Morgan fingerprint density at radius 3 is 2.72 bits per heavy atom. The molecule has 5 heteroatoms. The standard InChI is InChI=1S/C13H12O4S/c14-11(15)13(5-1-2-6-13)8-3-4-10-9(7-8)17-12(16)18-10/h3-4,7H,1-2,5-6H2,(H,14,15). The van der Waals surface area contributed by atoms with E-state index in [9.17, 15) is 14.7 Å². The molecular weight excluding hydrogens is 252 g/mol. The third-order valence-electron chi connectivity index (χ3n) is 3.75. The second-order valence-corrected chi connectivity index (χ2v) is 5.69. The molecule has 1 N–H and O–H groups in total. The average molecular weight is 264 g/mol. The van der Waals surface area contributed by atoms with Gasteiger partial charge in [0.2, 0.25) is 0 Å². The minimum Gasteiger partial charge on any atom is -0.481 e. The normalized spacial score (nSPS) is 18.2. The summed E-state index contributed by atoms with van der Waals surface area (Å²) in [5, 5.41) is 9.50. The third kappa shape index (κ3) is 1.58. The fraction of sp³-hybridized carbons (Fsp3) is 0.385. The predicted octanol–water partition coefficient (Wildman–Crippen LogP) is 2.75. The maximum Gasteiger partial charge on any atom is 0.396 e. The Morgan fingerprint density at radius 1 is 1.33 bits per heavy atom. The summed E-state index contributed by atoms with van der Waals surface area (Å²) in [6.45, 7) is 0. The van der Waals surface area contributed by atoms with E-state index in [2.05, 4.69) is 0 Å². The van der Waals surface area contributed by atoms with Crippen LogP contribution in [0.3, 0.4) is 0 Å². The summed E-state index contributed by atoms with van der Waals surface area (Å²) < 4.78 is 5.83. The molecule has 1 heterocycles. The molecule has 2 aromatic rings. The van der Waals surface area contributed by atoms with Crippen molar-refractivity contribution in [3.63, 3.8) is 0 Å². The fourth-order valence-electron chi connectivity index (χ4n) is 2.77. The van der Waals surface area contributed by atoms with Crippen molar-refractivity contribution in [2.24, 2.45) is 0 Å². The lowest BCUT2D eigenvalue weighted by Gasteiger charge is -2.24. The quantitative estimate of drug-likeness (QED) is 0.905. The Hall–Kier alpha value is -1.62. The molecule has 0 unspecified atom stereocenters. The smallest absolute Gasteiger partial charge is 0.396 e. The molecule has 0 bridgehead atoms. The Bertz CT molecular complexity index is 661. The molecule has 0 atom stereocenters. The number of carboxylic acids is 1. The maximum absolute atomic E-state index is 11.6. The van der Waals surface area contributed by atoms with Gasteiger partial charge in [-0.1, -0.05) is 30.2 Å². The second kappa shape index (κ2) is 3.95. The summed E-state index contributed by atoms with van der Waals surface area (Å²) in [7, 11) is 0. The lowest BCUT2D eigenvalue weighted by Crippen LogP contribution is -2.32. The van der Waals surface area contributed by atoms with Gasteiger partial charge < -0.3 is 9.52 Å². The summed E-state index contributed by atoms with van der Waals surface area (Å²) in [6, 6.07) is 5.31. The molecule has 1 saturated carbocycles. The molecule has 1 aromatic heterocycles. The van der Waals surface area contributed by atoms with Gasteiger partial charge in [-0.05, 0) is 30.5 Å². The van der Waals surface area contributed by atoms with Gasteiger partial charge in [-0.3, -0.25) is 4.79 Å². The van der Waals surface area contributed by atoms with Gasteiger partial charge in [-0.25, -0.2) is 4.79 Å². The van der Waals surface area contributed by atoms with Crippen LogP contribution in [0, 0.1) is 0 Å². The molecule has 1 aliphatic rings. The molecule has 1 aliphatic carbocycles. The van der Waals surface area contributed by atoms with E-state index >= 15 is 0 Å². The average Bonchev–Trinajstić information content (AvgIpc) is 2.92. The second-order valence-electron chi connectivity index (χ2n) is 4.71. The number of aliphatic carboxylic acids is 1. The predicted molar refractivity (Wildman–Crippen MR) is 68.1 cm³/mol. The number of hydrogen-bond acceptors (Lipinski definition) is 4. The first-order valence-corrected chi connectivity index (χ1v) is 6.71. The minimum absolute atomic E-state index is 0.349. The van der Waals surface area contributed by atoms with Crippen LogP contribution < -0.4 is 4.94 Å². The van der Waals surface area contributed by atoms with Crippen LogP contribution in [0.4, 0.5) is 0 Å².